The van der Waals surface area contributed by atoms with E-state index in [-0.39, 0.29) is 60.1 Å². The van der Waals surface area contributed by atoms with Crippen molar-refractivity contribution in [1.82, 2.24) is 40.5 Å². The van der Waals surface area contributed by atoms with E-state index in [4.69, 9.17) is 38.4 Å². The average Bonchev–Trinajstić information content (AvgIpc) is 3.37. The number of urea groups is 1. The summed E-state index contributed by atoms with van der Waals surface area (Å²) in [7, 11) is 2.78. The number of methoxy groups -OCH3 is 2. The number of fused-ring (bicyclic) bond motifs is 2. The molecule has 20 heteroatoms. The second kappa shape index (κ2) is 21.9. The van der Waals surface area contributed by atoms with Crippen LogP contribution in [0.1, 0.15) is 65.2 Å². The van der Waals surface area contributed by atoms with Gasteiger partial charge in [-0.15, -0.1) is 0 Å². The molecule has 2 aliphatic heterocycles. The number of rotatable bonds is 15. The molecule has 2 saturated heterocycles. The van der Waals surface area contributed by atoms with Crippen molar-refractivity contribution in [1.29, 1.82) is 0 Å². The monoisotopic (exact) mass is 951 g/mol. The first-order valence-corrected chi connectivity index (χ1v) is 24.1. The van der Waals surface area contributed by atoms with Crippen LogP contribution in [0.5, 0.6) is 17.5 Å². The maximum atomic E-state index is 15.3. The quantitative estimate of drug-likeness (QED) is 0.105. The second-order valence-electron chi connectivity index (χ2n) is 18.6. The Balaban J connectivity index is 0.920. The van der Waals surface area contributed by atoms with Gasteiger partial charge in [0.2, 0.25) is 0 Å². The number of halogens is 1. The zero-order chi connectivity index (χ0) is 47.9. The van der Waals surface area contributed by atoms with Gasteiger partial charge in [-0.1, -0.05) is 13.8 Å². The minimum Gasteiger partial charge on any atom is -0.488 e. The molecular weight excluding hydrogens is 890 g/mol. The fourth-order valence-corrected chi connectivity index (χ4v) is 10.1. The summed E-state index contributed by atoms with van der Waals surface area (Å²) in [6.45, 7) is 8.42. The number of hydrogen-bond acceptors (Lipinski definition) is 17. The number of carbonyl (C=O) groups is 2. The number of benzene rings is 2. The van der Waals surface area contributed by atoms with E-state index in [2.05, 4.69) is 57.8 Å². The molecule has 19 nitrogen and oxygen atoms in total. The van der Waals surface area contributed by atoms with Crippen molar-refractivity contribution in [2.45, 2.75) is 102 Å². The molecule has 2 aliphatic carbocycles. The number of hydrogen-bond donors (Lipinski definition) is 3. The van der Waals surface area contributed by atoms with Gasteiger partial charge in [-0.25, -0.2) is 28.9 Å². The van der Waals surface area contributed by atoms with E-state index >= 15 is 4.39 Å². The molecular formula is C49H62FN11O8. The molecule has 69 heavy (non-hydrogen) atoms. The van der Waals surface area contributed by atoms with E-state index in [1.54, 1.807) is 24.8 Å². The zero-order valence-electron chi connectivity index (χ0n) is 39.6. The number of anilines is 3. The van der Waals surface area contributed by atoms with E-state index in [1.165, 1.54) is 14.2 Å². The van der Waals surface area contributed by atoms with Crippen molar-refractivity contribution in [3.05, 3.63) is 61.1 Å². The average molecular weight is 952 g/mol. The number of morpholine rings is 2. The van der Waals surface area contributed by atoms with Gasteiger partial charge >= 0.3 is 18.0 Å². The Kier molecular flexibility index (Phi) is 15.1. The van der Waals surface area contributed by atoms with Crippen LogP contribution >= 0.6 is 0 Å². The largest absolute Gasteiger partial charge is 0.488 e. The predicted octanol–water partition coefficient (Wildman–Crippen LogP) is 5.86. The summed E-state index contributed by atoms with van der Waals surface area (Å²) in [4.78, 5) is 56.9. The van der Waals surface area contributed by atoms with Crippen molar-refractivity contribution in [2.75, 3.05) is 75.3 Å². The maximum Gasteiger partial charge on any atom is 0.328 e. The summed E-state index contributed by atoms with van der Waals surface area (Å²) >= 11 is 0. The topological polar surface area (TPSA) is 209 Å². The third-order valence-corrected chi connectivity index (χ3v) is 13.5. The van der Waals surface area contributed by atoms with Crippen LogP contribution in [0, 0.1) is 17.7 Å². The van der Waals surface area contributed by atoms with Gasteiger partial charge in [0.05, 0.1) is 69.6 Å². The number of nitrogens with zero attached hydrogens (tertiary/aromatic N) is 8. The van der Waals surface area contributed by atoms with Crippen LogP contribution in [0.4, 0.5) is 26.4 Å². The highest BCUT2D eigenvalue weighted by atomic mass is 19.1. The molecule has 4 aliphatic rings. The van der Waals surface area contributed by atoms with E-state index in [0.29, 0.717) is 112 Å². The Labute approximate surface area is 400 Å². The first kappa shape index (κ1) is 47.6. The number of amides is 2. The van der Waals surface area contributed by atoms with Crippen LogP contribution in [0.3, 0.4) is 0 Å². The fourth-order valence-electron chi connectivity index (χ4n) is 10.1. The van der Waals surface area contributed by atoms with Gasteiger partial charge in [0, 0.05) is 92.5 Å². The minimum atomic E-state index is -0.713. The molecule has 2 amide bonds. The smallest absolute Gasteiger partial charge is 0.328 e. The van der Waals surface area contributed by atoms with E-state index in [0.717, 1.165) is 36.2 Å². The molecule has 2 unspecified atom stereocenters. The van der Waals surface area contributed by atoms with Crippen LogP contribution in [-0.4, -0.2) is 139 Å². The molecule has 4 fully saturated rings. The third kappa shape index (κ3) is 11.6. The molecule has 0 radical (unpaired) electrons. The van der Waals surface area contributed by atoms with Crippen LogP contribution in [0.15, 0.2) is 55.2 Å². The fraction of sp³-hybridized carbons (Fsp3) is 0.551. The standard InChI is InChI=1S/C49H62FN11O8/c1-29(2)21-40(47(62)64-3)58-48(63)56-30-5-7-33(8-6-30)68-41-25-32(23-39-44(41)53-13-12-52-39)61-17-20-67-43(28-61)35-26-34(9-10-37(35)57-46-36(50)27-55-49(59-46)65-4)69-42-24-31(60-15-18-66-19-16-60)22-38-45(42)54-14-11-51-38/h11-14,22-25,27,29-30,33-35,37,40,43H,5-10,15-21,26,28H2,1-4H3,(H,55,57,59)(H2,56,58,63)/t30-,33+,34-,35?,37+,40-,43?/m0/s1. The first-order valence-electron chi connectivity index (χ1n) is 24.1. The Hall–Kier alpha value is -6.41. The second-order valence-corrected chi connectivity index (χ2v) is 18.6. The number of aromatic nitrogens is 6. The van der Waals surface area contributed by atoms with Crippen LogP contribution in [0.25, 0.3) is 22.1 Å². The van der Waals surface area contributed by atoms with Gasteiger partial charge in [0.25, 0.3) is 0 Å². The molecule has 368 valence electrons. The molecule has 3 N–H and O–H groups in total. The summed E-state index contributed by atoms with van der Waals surface area (Å²) < 4.78 is 51.5. The van der Waals surface area contributed by atoms with Gasteiger partial charge in [-0.2, -0.15) is 4.98 Å². The SMILES string of the molecule is COC(=O)[C@H](CC(C)C)NC(=O)N[C@H]1CC[C@@H](Oc2cc(N3CCOC(C4C[C@@H](Oc5cc(N6CCOCC6)cc6nccnc56)CC[C@H]4Nc4nc(OC)ncc4F)C3)cc3nccnc23)CC1. The van der Waals surface area contributed by atoms with Crippen molar-refractivity contribution in [3.63, 3.8) is 0 Å². The number of carbonyl (C=O) groups excluding carboxylic acids is 2. The summed E-state index contributed by atoms with van der Waals surface area (Å²) in [5.41, 5.74) is 4.75. The molecule has 5 aromatic rings. The lowest BCUT2D eigenvalue weighted by Gasteiger charge is -2.44. The molecule has 0 bridgehead atoms. The summed E-state index contributed by atoms with van der Waals surface area (Å²) in [5.74, 6) is 0.396. The Bertz CT molecular complexity index is 2560. The lowest BCUT2D eigenvalue weighted by Crippen LogP contribution is -2.53. The Morgan fingerprint density at radius 3 is 2.10 bits per heavy atom. The van der Waals surface area contributed by atoms with Crippen molar-refractivity contribution >= 4 is 51.3 Å². The van der Waals surface area contributed by atoms with Crippen LogP contribution in [-0.2, 0) is 19.0 Å². The van der Waals surface area contributed by atoms with E-state index < -0.39 is 17.8 Å². The molecule has 0 spiro atoms. The maximum absolute atomic E-state index is 15.3. The minimum absolute atomic E-state index is 0.0675. The van der Waals surface area contributed by atoms with Gasteiger partial charge in [-0.05, 0) is 69.4 Å². The van der Waals surface area contributed by atoms with Gasteiger partial charge in [0.15, 0.2) is 11.6 Å². The van der Waals surface area contributed by atoms with Crippen molar-refractivity contribution in [3.8, 4) is 17.5 Å². The van der Waals surface area contributed by atoms with Gasteiger partial charge < -0.3 is 54.2 Å². The third-order valence-electron chi connectivity index (χ3n) is 13.5. The highest BCUT2D eigenvalue weighted by molar-refractivity contribution is 5.86. The molecule has 2 aromatic carbocycles. The molecule has 9 rings (SSSR count). The van der Waals surface area contributed by atoms with Crippen molar-refractivity contribution < 1.29 is 42.4 Å². The Morgan fingerprint density at radius 2 is 1.43 bits per heavy atom. The summed E-state index contributed by atoms with van der Waals surface area (Å²) in [5, 5.41) is 9.27. The van der Waals surface area contributed by atoms with Gasteiger partial charge in [-0.3, -0.25) is 9.97 Å². The lowest BCUT2D eigenvalue weighted by molar-refractivity contribution is -0.143. The number of esters is 1. The molecule has 3 aromatic heterocycles. The van der Waals surface area contributed by atoms with E-state index in [1.807, 2.05) is 26.0 Å². The summed E-state index contributed by atoms with van der Waals surface area (Å²) in [6, 6.07) is 6.86. The predicted molar refractivity (Wildman–Crippen MR) is 255 cm³/mol. The van der Waals surface area contributed by atoms with Crippen LogP contribution < -0.4 is 40.0 Å². The van der Waals surface area contributed by atoms with Gasteiger partial charge in [0.1, 0.15) is 28.6 Å². The highest BCUT2D eigenvalue weighted by Crippen LogP contribution is 2.39. The zero-order valence-corrected chi connectivity index (χ0v) is 39.6. The number of nitrogens with one attached hydrogen (secondary N) is 3. The lowest BCUT2D eigenvalue weighted by atomic mass is 9.78. The first-order chi connectivity index (χ1) is 33.6. The normalized spacial score (nSPS) is 23.6. The molecule has 2 saturated carbocycles. The highest BCUT2D eigenvalue weighted by Gasteiger charge is 2.41. The summed E-state index contributed by atoms with van der Waals surface area (Å²) in [6.07, 6.45) is 12.5. The molecule has 5 heterocycles. The van der Waals surface area contributed by atoms with Crippen LogP contribution in [0.2, 0.25) is 0 Å². The van der Waals surface area contributed by atoms with E-state index in [9.17, 15) is 9.59 Å². The number of ether oxygens (including phenoxy) is 6. The molecule has 5 atom stereocenters. The Morgan fingerprint density at radius 1 is 0.797 bits per heavy atom. The van der Waals surface area contributed by atoms with Crippen molar-refractivity contribution in [2.24, 2.45) is 11.8 Å².